The van der Waals surface area contributed by atoms with Crippen molar-refractivity contribution in [3.8, 4) is 17.7 Å². The number of nitrogens with two attached hydrogens (primary N) is 1. The first kappa shape index (κ1) is 18.4. The van der Waals surface area contributed by atoms with E-state index in [1.165, 1.54) is 12.8 Å². The summed E-state index contributed by atoms with van der Waals surface area (Å²) in [5.41, 5.74) is 9.04. The maximum Gasteiger partial charge on any atom is 0.244 e. The number of allylic oxidation sites excluding steroid dienone is 1. The quantitative estimate of drug-likeness (QED) is 0.832. The molecular weight excluding hydrogens is 352 g/mol. The van der Waals surface area contributed by atoms with Gasteiger partial charge in [-0.3, -0.25) is 5.10 Å². The number of ether oxygens (including phenoxy) is 2. The third-order valence-corrected chi connectivity index (χ3v) is 5.49. The van der Waals surface area contributed by atoms with Crippen LogP contribution in [0, 0.1) is 11.3 Å². The summed E-state index contributed by atoms with van der Waals surface area (Å²) < 4.78 is 11.8. The van der Waals surface area contributed by atoms with Crippen LogP contribution in [0.2, 0.25) is 0 Å². The summed E-state index contributed by atoms with van der Waals surface area (Å²) in [7, 11) is 0. The van der Waals surface area contributed by atoms with Crippen LogP contribution in [0.5, 0.6) is 11.6 Å². The molecule has 2 aromatic rings. The number of nitrogens with one attached hydrogen (secondary N) is 1. The molecule has 0 amide bonds. The van der Waals surface area contributed by atoms with E-state index in [0.717, 1.165) is 35.4 Å². The lowest BCUT2D eigenvalue weighted by molar-refractivity contribution is 0.210. The fourth-order valence-electron chi connectivity index (χ4n) is 4.12. The van der Waals surface area contributed by atoms with Crippen molar-refractivity contribution in [2.45, 2.75) is 63.9 Å². The number of aromatic nitrogens is 2. The molecule has 2 heterocycles. The third-order valence-electron chi connectivity index (χ3n) is 5.49. The Labute approximate surface area is 165 Å². The van der Waals surface area contributed by atoms with Gasteiger partial charge in [0, 0.05) is 11.1 Å². The SMILES string of the molecule is CC(C)(C)c1[nH]nc2c1[C@@H](c1cccc(OC3CCCC3)c1)C(C#N)=C(N)O2. The van der Waals surface area contributed by atoms with Crippen LogP contribution < -0.4 is 15.2 Å². The molecule has 3 N–H and O–H groups in total. The van der Waals surface area contributed by atoms with Crippen LogP contribution >= 0.6 is 0 Å². The predicted octanol–water partition coefficient (Wildman–Crippen LogP) is 4.25. The molecular formula is C22H26N4O2. The van der Waals surface area contributed by atoms with Crippen molar-refractivity contribution in [2.24, 2.45) is 5.73 Å². The first-order valence-electron chi connectivity index (χ1n) is 9.81. The van der Waals surface area contributed by atoms with Crippen molar-refractivity contribution in [1.29, 1.82) is 5.26 Å². The maximum atomic E-state index is 9.82. The Morgan fingerprint density at radius 2 is 2.04 bits per heavy atom. The Kier molecular flexibility index (Phi) is 4.54. The second-order valence-corrected chi connectivity index (χ2v) is 8.59. The van der Waals surface area contributed by atoms with E-state index < -0.39 is 0 Å². The Balaban J connectivity index is 1.80. The van der Waals surface area contributed by atoms with Crippen molar-refractivity contribution in [2.75, 3.05) is 0 Å². The number of fused-ring (bicyclic) bond motifs is 1. The van der Waals surface area contributed by atoms with E-state index in [1.807, 2.05) is 24.3 Å². The summed E-state index contributed by atoms with van der Waals surface area (Å²) in [4.78, 5) is 0. The molecule has 1 aliphatic carbocycles. The summed E-state index contributed by atoms with van der Waals surface area (Å²) in [5, 5.41) is 17.2. The Bertz CT molecular complexity index is 956. The number of benzene rings is 1. The average molecular weight is 378 g/mol. The number of rotatable bonds is 3. The van der Waals surface area contributed by atoms with Crippen LogP contribution in [-0.4, -0.2) is 16.3 Å². The fraction of sp³-hybridized carbons (Fsp3) is 0.455. The number of aromatic amines is 1. The number of nitrogens with zero attached hydrogens (tertiary/aromatic N) is 2. The summed E-state index contributed by atoms with van der Waals surface area (Å²) in [5.74, 6) is 1.03. The minimum absolute atomic E-state index is 0.106. The molecule has 0 unspecified atom stereocenters. The number of hydrogen-bond donors (Lipinski definition) is 2. The van der Waals surface area contributed by atoms with Crippen molar-refractivity contribution < 1.29 is 9.47 Å². The van der Waals surface area contributed by atoms with Crippen LogP contribution in [0.25, 0.3) is 0 Å². The van der Waals surface area contributed by atoms with Crippen LogP contribution in [0.3, 0.4) is 0 Å². The highest BCUT2D eigenvalue weighted by atomic mass is 16.5. The summed E-state index contributed by atoms with van der Waals surface area (Å²) in [6.45, 7) is 6.31. The van der Waals surface area contributed by atoms with E-state index in [-0.39, 0.29) is 23.3 Å². The molecule has 1 aromatic carbocycles. The molecule has 0 bridgehead atoms. The zero-order valence-corrected chi connectivity index (χ0v) is 16.6. The highest BCUT2D eigenvalue weighted by Gasteiger charge is 2.38. The highest BCUT2D eigenvalue weighted by Crippen LogP contribution is 2.46. The van der Waals surface area contributed by atoms with Gasteiger partial charge in [0.25, 0.3) is 0 Å². The van der Waals surface area contributed by atoms with Crippen LogP contribution in [0.4, 0.5) is 0 Å². The number of nitriles is 1. The van der Waals surface area contributed by atoms with Gasteiger partial charge < -0.3 is 15.2 Å². The van der Waals surface area contributed by atoms with Crippen molar-refractivity contribution in [3.05, 3.63) is 52.5 Å². The minimum Gasteiger partial charge on any atom is -0.490 e. The largest absolute Gasteiger partial charge is 0.490 e. The number of hydrogen-bond acceptors (Lipinski definition) is 5. The van der Waals surface area contributed by atoms with E-state index in [0.29, 0.717) is 11.5 Å². The molecule has 1 atom stereocenters. The van der Waals surface area contributed by atoms with Crippen LogP contribution in [-0.2, 0) is 5.41 Å². The highest BCUT2D eigenvalue weighted by molar-refractivity contribution is 5.56. The predicted molar refractivity (Wildman–Crippen MR) is 106 cm³/mol. The zero-order chi connectivity index (χ0) is 19.9. The van der Waals surface area contributed by atoms with Gasteiger partial charge in [-0.15, -0.1) is 5.10 Å². The van der Waals surface area contributed by atoms with Gasteiger partial charge >= 0.3 is 0 Å². The Hall–Kier alpha value is -2.94. The summed E-state index contributed by atoms with van der Waals surface area (Å²) >= 11 is 0. The smallest absolute Gasteiger partial charge is 0.244 e. The van der Waals surface area contributed by atoms with Gasteiger partial charge in [-0.2, -0.15) is 5.26 Å². The lowest BCUT2D eigenvalue weighted by Gasteiger charge is -2.27. The van der Waals surface area contributed by atoms with Gasteiger partial charge in [0.05, 0.1) is 17.6 Å². The van der Waals surface area contributed by atoms with Gasteiger partial charge in [-0.25, -0.2) is 0 Å². The van der Waals surface area contributed by atoms with Crippen LogP contribution in [0.1, 0.15) is 69.2 Å². The molecule has 1 aromatic heterocycles. The molecule has 146 valence electrons. The summed E-state index contributed by atoms with van der Waals surface area (Å²) in [6, 6.07) is 10.2. The van der Waals surface area contributed by atoms with E-state index in [9.17, 15) is 5.26 Å². The zero-order valence-electron chi connectivity index (χ0n) is 16.6. The lowest BCUT2D eigenvalue weighted by atomic mass is 9.79. The van der Waals surface area contributed by atoms with Gasteiger partial charge in [0.1, 0.15) is 17.4 Å². The first-order chi connectivity index (χ1) is 13.4. The monoisotopic (exact) mass is 378 g/mol. The molecule has 0 radical (unpaired) electrons. The van der Waals surface area contributed by atoms with E-state index >= 15 is 0 Å². The average Bonchev–Trinajstić information content (AvgIpc) is 3.29. The first-order valence-corrected chi connectivity index (χ1v) is 9.81. The van der Waals surface area contributed by atoms with E-state index in [2.05, 4.69) is 37.0 Å². The third kappa shape index (κ3) is 3.22. The fourth-order valence-corrected chi connectivity index (χ4v) is 4.12. The molecule has 1 saturated carbocycles. The second kappa shape index (κ2) is 6.90. The van der Waals surface area contributed by atoms with Crippen molar-refractivity contribution >= 4 is 0 Å². The maximum absolute atomic E-state index is 9.82. The van der Waals surface area contributed by atoms with Crippen molar-refractivity contribution in [1.82, 2.24) is 10.2 Å². The number of H-pyrrole nitrogens is 1. The van der Waals surface area contributed by atoms with Gasteiger partial charge in [0.2, 0.25) is 11.8 Å². The molecule has 1 aliphatic heterocycles. The molecule has 6 nitrogen and oxygen atoms in total. The summed E-state index contributed by atoms with van der Waals surface area (Å²) in [6.07, 6.45) is 4.90. The molecule has 28 heavy (non-hydrogen) atoms. The lowest BCUT2D eigenvalue weighted by Crippen LogP contribution is -2.24. The molecule has 1 fully saturated rings. The standard InChI is InChI=1S/C22H26N4O2/c1-22(2,3)19-18-17(16(12-23)20(24)28-21(18)26-25-19)13-7-6-10-15(11-13)27-14-8-4-5-9-14/h6-7,10-11,14,17H,4-5,8-9,24H2,1-3H3,(H,25,26)/t17-/m0/s1. The second-order valence-electron chi connectivity index (χ2n) is 8.59. The van der Waals surface area contributed by atoms with Gasteiger partial charge in [0.15, 0.2) is 0 Å². The Morgan fingerprint density at radius 1 is 1.29 bits per heavy atom. The molecule has 6 heteroatoms. The topological polar surface area (TPSA) is 97.0 Å². The molecule has 0 spiro atoms. The van der Waals surface area contributed by atoms with Gasteiger partial charge in [-0.1, -0.05) is 32.9 Å². The van der Waals surface area contributed by atoms with Crippen LogP contribution in [0.15, 0.2) is 35.7 Å². The normalized spacial score (nSPS) is 19.9. The molecule has 0 saturated heterocycles. The van der Waals surface area contributed by atoms with Crippen molar-refractivity contribution in [3.63, 3.8) is 0 Å². The minimum atomic E-state index is -0.339. The van der Waals surface area contributed by atoms with Gasteiger partial charge in [-0.05, 0) is 43.4 Å². The van der Waals surface area contributed by atoms with E-state index in [1.54, 1.807) is 0 Å². The Morgan fingerprint density at radius 3 is 2.71 bits per heavy atom. The molecule has 2 aliphatic rings. The van der Waals surface area contributed by atoms with E-state index in [4.69, 9.17) is 15.2 Å². The molecule has 4 rings (SSSR count).